The summed E-state index contributed by atoms with van der Waals surface area (Å²) in [5, 5.41) is 13.2. The maximum absolute atomic E-state index is 12.9. The molecular weight excluding hydrogens is 378 g/mol. The van der Waals surface area contributed by atoms with Crippen LogP contribution >= 0.6 is 0 Å². The maximum Gasteiger partial charge on any atom is 0.250 e. The predicted molar refractivity (Wildman–Crippen MR) is 113 cm³/mol. The largest absolute Gasteiger partial charge is 0.339 e. The van der Waals surface area contributed by atoms with Crippen LogP contribution in [-0.4, -0.2) is 62.2 Å². The minimum absolute atomic E-state index is 0.121. The number of carbonyl (C=O) groups excluding carboxylic acids is 1. The van der Waals surface area contributed by atoms with E-state index >= 15 is 0 Å². The molecular formula is C22H21N7O. The average Bonchev–Trinajstić information content (AvgIpc) is 3.30. The van der Waals surface area contributed by atoms with Crippen molar-refractivity contribution < 1.29 is 4.79 Å². The van der Waals surface area contributed by atoms with Gasteiger partial charge in [-0.05, 0) is 34.2 Å². The summed E-state index contributed by atoms with van der Waals surface area (Å²) in [7, 11) is 0. The predicted octanol–water partition coefficient (Wildman–Crippen LogP) is 2.10. The van der Waals surface area contributed by atoms with Crippen molar-refractivity contribution in [3.05, 3.63) is 72.4 Å². The fourth-order valence-electron chi connectivity index (χ4n) is 3.86. The van der Waals surface area contributed by atoms with Crippen LogP contribution in [0.5, 0.6) is 0 Å². The van der Waals surface area contributed by atoms with Crippen LogP contribution < -0.4 is 4.90 Å². The van der Waals surface area contributed by atoms with E-state index in [1.54, 1.807) is 10.9 Å². The minimum Gasteiger partial charge on any atom is -0.339 e. The summed E-state index contributed by atoms with van der Waals surface area (Å²) in [6.45, 7) is 2.65. The van der Waals surface area contributed by atoms with Crippen LogP contribution in [0.25, 0.3) is 16.6 Å². The number of para-hydroxylation sites is 2. The van der Waals surface area contributed by atoms with Crippen molar-refractivity contribution in [3.8, 4) is 5.69 Å². The molecule has 8 heteroatoms. The molecule has 0 aliphatic carbocycles. The number of carbonyl (C=O) groups is 1. The lowest BCUT2D eigenvalue weighted by molar-refractivity contribution is -0.130. The lowest BCUT2D eigenvalue weighted by Crippen LogP contribution is -2.50. The first kappa shape index (κ1) is 18.2. The Labute approximate surface area is 173 Å². The molecule has 2 aromatic carbocycles. The van der Waals surface area contributed by atoms with Gasteiger partial charge in [-0.2, -0.15) is 4.68 Å². The van der Waals surface area contributed by atoms with E-state index < -0.39 is 0 Å². The highest BCUT2D eigenvalue weighted by Gasteiger charge is 2.25. The molecule has 0 saturated carbocycles. The monoisotopic (exact) mass is 399 g/mol. The number of hydrogen-bond acceptors (Lipinski definition) is 6. The number of pyridine rings is 1. The second-order valence-electron chi connectivity index (χ2n) is 7.26. The van der Waals surface area contributed by atoms with Crippen molar-refractivity contribution in [2.75, 3.05) is 31.1 Å². The van der Waals surface area contributed by atoms with Crippen LogP contribution in [0.15, 0.2) is 66.9 Å². The SMILES string of the molecule is O=C(Cc1cccc2cccnc12)N1CCN(c2nnnn2-c2ccccc2)CC1. The van der Waals surface area contributed by atoms with E-state index in [9.17, 15) is 4.79 Å². The normalized spacial score (nSPS) is 14.3. The van der Waals surface area contributed by atoms with Crippen molar-refractivity contribution in [2.45, 2.75) is 6.42 Å². The Bertz CT molecular complexity index is 1160. The molecule has 150 valence electrons. The molecule has 1 fully saturated rings. The van der Waals surface area contributed by atoms with Crippen LogP contribution in [0.1, 0.15) is 5.56 Å². The van der Waals surface area contributed by atoms with E-state index in [2.05, 4.69) is 25.4 Å². The van der Waals surface area contributed by atoms with Crippen molar-refractivity contribution in [1.82, 2.24) is 30.1 Å². The quantitative estimate of drug-likeness (QED) is 0.523. The summed E-state index contributed by atoms with van der Waals surface area (Å²) in [6, 6.07) is 19.7. The summed E-state index contributed by atoms with van der Waals surface area (Å²) in [5.74, 6) is 0.821. The van der Waals surface area contributed by atoms with Crippen LogP contribution in [0.3, 0.4) is 0 Å². The third-order valence-electron chi connectivity index (χ3n) is 5.43. The van der Waals surface area contributed by atoms with E-state index in [0.29, 0.717) is 38.5 Å². The van der Waals surface area contributed by atoms with Crippen molar-refractivity contribution >= 4 is 22.8 Å². The van der Waals surface area contributed by atoms with Crippen LogP contribution in [0, 0.1) is 0 Å². The Morgan fingerprint density at radius 3 is 2.53 bits per heavy atom. The van der Waals surface area contributed by atoms with Crippen LogP contribution in [-0.2, 0) is 11.2 Å². The number of tetrazole rings is 1. The van der Waals surface area contributed by atoms with Gasteiger partial charge in [-0.3, -0.25) is 9.78 Å². The fourth-order valence-corrected chi connectivity index (χ4v) is 3.86. The molecule has 3 heterocycles. The molecule has 8 nitrogen and oxygen atoms in total. The average molecular weight is 399 g/mol. The third-order valence-corrected chi connectivity index (χ3v) is 5.43. The second-order valence-corrected chi connectivity index (χ2v) is 7.26. The van der Waals surface area contributed by atoms with Gasteiger partial charge in [-0.15, -0.1) is 0 Å². The smallest absolute Gasteiger partial charge is 0.250 e. The molecule has 4 aromatic rings. The van der Waals surface area contributed by atoms with E-state index in [4.69, 9.17) is 0 Å². The number of piperazine rings is 1. The summed E-state index contributed by atoms with van der Waals surface area (Å²) in [6.07, 6.45) is 2.13. The van der Waals surface area contributed by atoms with Crippen molar-refractivity contribution in [2.24, 2.45) is 0 Å². The van der Waals surface area contributed by atoms with Gasteiger partial charge in [-0.1, -0.05) is 47.6 Å². The number of fused-ring (bicyclic) bond motifs is 1. The molecule has 30 heavy (non-hydrogen) atoms. The van der Waals surface area contributed by atoms with Gasteiger partial charge in [-0.25, -0.2) is 0 Å². The number of benzene rings is 2. The minimum atomic E-state index is 0.121. The molecule has 0 spiro atoms. The Kier molecular flexibility index (Phi) is 4.80. The van der Waals surface area contributed by atoms with E-state index in [1.807, 2.05) is 65.6 Å². The highest BCUT2D eigenvalue weighted by atomic mass is 16.2. The molecule has 0 atom stereocenters. The molecule has 0 radical (unpaired) electrons. The van der Waals surface area contributed by atoms with Gasteiger partial charge in [0.1, 0.15) is 0 Å². The van der Waals surface area contributed by atoms with Gasteiger partial charge >= 0.3 is 0 Å². The third kappa shape index (κ3) is 3.47. The first-order valence-corrected chi connectivity index (χ1v) is 9.99. The topological polar surface area (TPSA) is 80.0 Å². The molecule has 0 bridgehead atoms. The Hall–Kier alpha value is -3.81. The zero-order chi connectivity index (χ0) is 20.3. The Morgan fingerprint density at radius 2 is 1.70 bits per heavy atom. The standard InChI is InChI=1S/C22H21N7O/c30-20(16-18-7-4-6-17-8-5-11-23-21(17)18)27-12-14-28(15-13-27)22-24-25-26-29(22)19-9-2-1-3-10-19/h1-11H,12-16H2. The summed E-state index contributed by atoms with van der Waals surface area (Å²) in [5.41, 5.74) is 2.78. The number of anilines is 1. The molecule has 1 saturated heterocycles. The van der Waals surface area contributed by atoms with Crippen molar-refractivity contribution in [3.63, 3.8) is 0 Å². The Balaban J connectivity index is 1.27. The van der Waals surface area contributed by atoms with Crippen molar-refractivity contribution in [1.29, 1.82) is 0 Å². The number of nitrogens with zero attached hydrogens (tertiary/aromatic N) is 7. The van der Waals surface area contributed by atoms with Crippen LogP contribution in [0.4, 0.5) is 5.95 Å². The maximum atomic E-state index is 12.9. The summed E-state index contributed by atoms with van der Waals surface area (Å²) < 4.78 is 1.74. The van der Waals surface area contributed by atoms with Gasteiger partial charge in [0.2, 0.25) is 11.9 Å². The molecule has 0 N–H and O–H groups in total. The van der Waals surface area contributed by atoms with Gasteiger partial charge in [0.05, 0.1) is 17.6 Å². The van der Waals surface area contributed by atoms with Crippen LogP contribution in [0.2, 0.25) is 0 Å². The zero-order valence-corrected chi connectivity index (χ0v) is 16.4. The molecule has 1 aliphatic rings. The van der Waals surface area contributed by atoms with E-state index in [0.717, 1.165) is 22.2 Å². The highest BCUT2D eigenvalue weighted by Crippen LogP contribution is 2.19. The summed E-state index contributed by atoms with van der Waals surface area (Å²) >= 11 is 0. The lowest BCUT2D eigenvalue weighted by Gasteiger charge is -2.35. The fraction of sp³-hybridized carbons (Fsp3) is 0.227. The number of aromatic nitrogens is 5. The molecule has 1 aliphatic heterocycles. The highest BCUT2D eigenvalue weighted by molar-refractivity contribution is 5.87. The molecule has 5 rings (SSSR count). The second kappa shape index (κ2) is 7.90. The number of rotatable bonds is 4. The van der Waals surface area contributed by atoms with Gasteiger partial charge < -0.3 is 9.80 Å². The van der Waals surface area contributed by atoms with Gasteiger partial charge in [0.15, 0.2) is 0 Å². The van der Waals surface area contributed by atoms with Gasteiger partial charge in [0, 0.05) is 37.8 Å². The molecule has 1 amide bonds. The van der Waals surface area contributed by atoms with Gasteiger partial charge in [0.25, 0.3) is 0 Å². The van der Waals surface area contributed by atoms with E-state index in [-0.39, 0.29) is 5.91 Å². The number of amides is 1. The zero-order valence-electron chi connectivity index (χ0n) is 16.4. The van der Waals surface area contributed by atoms with E-state index in [1.165, 1.54) is 0 Å². The lowest BCUT2D eigenvalue weighted by atomic mass is 10.1. The number of hydrogen-bond donors (Lipinski definition) is 0. The molecule has 0 unspecified atom stereocenters. The first-order valence-electron chi connectivity index (χ1n) is 9.99. The molecule has 2 aromatic heterocycles. The summed E-state index contributed by atoms with van der Waals surface area (Å²) in [4.78, 5) is 21.4. The Morgan fingerprint density at radius 1 is 0.900 bits per heavy atom. The first-order chi connectivity index (χ1) is 14.8.